The molecule has 3 nitrogen and oxygen atoms in total. The smallest absolute Gasteiger partial charge is 0.186 e. The molecule has 0 radical (unpaired) electrons. The van der Waals surface area contributed by atoms with Crippen LogP contribution in [0.1, 0.15) is 27.0 Å². The number of carbonyl (C=O) groups is 1. The lowest BCUT2D eigenvalue weighted by Crippen LogP contribution is -2.36. The number of nitrogens with zero attached hydrogens (tertiary/aromatic N) is 1. The monoisotopic (exact) mass is 321 g/mol. The van der Waals surface area contributed by atoms with Gasteiger partial charge in [-0.25, -0.2) is 0 Å². The van der Waals surface area contributed by atoms with Gasteiger partial charge in [0.2, 0.25) is 0 Å². The first-order valence-corrected chi connectivity index (χ1v) is 8.36. The van der Waals surface area contributed by atoms with E-state index in [0.29, 0.717) is 0 Å². The van der Waals surface area contributed by atoms with Crippen molar-refractivity contribution in [1.29, 1.82) is 0 Å². The van der Waals surface area contributed by atoms with Crippen LogP contribution in [0, 0.1) is 13.8 Å². The summed E-state index contributed by atoms with van der Waals surface area (Å²) < 4.78 is 5.38. The van der Waals surface area contributed by atoms with Gasteiger partial charge in [0.25, 0.3) is 0 Å². The summed E-state index contributed by atoms with van der Waals surface area (Å²) in [5.74, 6) is 0.0461. The third-order valence-corrected chi connectivity index (χ3v) is 4.34. The predicted molar refractivity (Wildman–Crippen MR) is 98.8 cm³/mol. The topological polar surface area (TPSA) is 29.5 Å². The number of hydrogen-bond donors (Lipinski definition) is 0. The van der Waals surface area contributed by atoms with Crippen LogP contribution in [0.15, 0.2) is 48.5 Å². The van der Waals surface area contributed by atoms with Crippen molar-refractivity contribution in [1.82, 2.24) is 0 Å². The Bertz CT molecular complexity index is 741. The van der Waals surface area contributed by atoms with Crippen molar-refractivity contribution >= 4 is 17.5 Å². The highest BCUT2D eigenvalue weighted by atomic mass is 16.5. The molecule has 0 unspecified atom stereocenters. The average molecular weight is 321 g/mol. The fraction of sp³-hybridized carbons (Fsp3) is 0.286. The first-order valence-electron chi connectivity index (χ1n) is 8.36. The summed E-state index contributed by atoms with van der Waals surface area (Å²) in [4.78, 5) is 14.7. The van der Waals surface area contributed by atoms with Gasteiger partial charge in [-0.3, -0.25) is 4.79 Å². The third-order valence-electron chi connectivity index (χ3n) is 4.34. The molecule has 2 aromatic carbocycles. The Labute approximate surface area is 143 Å². The first-order chi connectivity index (χ1) is 11.6. The largest absolute Gasteiger partial charge is 0.378 e. The van der Waals surface area contributed by atoms with Gasteiger partial charge in [-0.15, -0.1) is 0 Å². The number of rotatable bonds is 4. The van der Waals surface area contributed by atoms with Crippen LogP contribution in [-0.4, -0.2) is 32.1 Å². The number of benzene rings is 2. The summed E-state index contributed by atoms with van der Waals surface area (Å²) in [6.07, 6.45) is 3.53. The minimum Gasteiger partial charge on any atom is -0.378 e. The Kier molecular flexibility index (Phi) is 5.11. The average Bonchev–Trinajstić information content (AvgIpc) is 2.61. The van der Waals surface area contributed by atoms with E-state index in [1.165, 1.54) is 11.3 Å². The number of anilines is 1. The van der Waals surface area contributed by atoms with E-state index in [2.05, 4.69) is 29.2 Å². The second-order valence-electron chi connectivity index (χ2n) is 6.21. The summed E-state index contributed by atoms with van der Waals surface area (Å²) in [6, 6.07) is 14.2. The van der Waals surface area contributed by atoms with Crippen LogP contribution < -0.4 is 4.90 Å². The number of ether oxygens (including phenoxy) is 1. The first kappa shape index (κ1) is 16.5. The Morgan fingerprint density at radius 3 is 2.42 bits per heavy atom. The van der Waals surface area contributed by atoms with Gasteiger partial charge in [0.15, 0.2) is 5.78 Å². The van der Waals surface area contributed by atoms with Crippen molar-refractivity contribution in [3.8, 4) is 0 Å². The molecular weight excluding hydrogens is 298 g/mol. The maximum absolute atomic E-state index is 12.4. The van der Waals surface area contributed by atoms with Crippen LogP contribution >= 0.6 is 0 Å². The van der Waals surface area contributed by atoms with Gasteiger partial charge < -0.3 is 9.64 Å². The Balaban J connectivity index is 1.68. The van der Waals surface area contributed by atoms with Gasteiger partial charge in [-0.05, 0) is 43.2 Å². The molecule has 3 heteroatoms. The number of allylic oxidation sites excluding steroid dienone is 1. The zero-order chi connectivity index (χ0) is 16.9. The second kappa shape index (κ2) is 7.45. The van der Waals surface area contributed by atoms with Gasteiger partial charge in [-0.2, -0.15) is 0 Å². The molecule has 1 saturated heterocycles. The maximum atomic E-state index is 12.4. The summed E-state index contributed by atoms with van der Waals surface area (Å²) in [5, 5.41) is 0. The normalized spacial score (nSPS) is 15.0. The lowest BCUT2D eigenvalue weighted by Gasteiger charge is -2.28. The van der Waals surface area contributed by atoms with Crippen molar-refractivity contribution in [2.45, 2.75) is 13.8 Å². The molecule has 3 rings (SSSR count). The van der Waals surface area contributed by atoms with Crippen LogP contribution in [-0.2, 0) is 4.74 Å². The summed E-state index contributed by atoms with van der Waals surface area (Å²) in [6.45, 7) is 7.44. The number of ketones is 1. The molecule has 24 heavy (non-hydrogen) atoms. The minimum absolute atomic E-state index is 0.0461. The fourth-order valence-electron chi connectivity index (χ4n) is 2.97. The Hall–Kier alpha value is -2.39. The molecule has 0 aliphatic carbocycles. The second-order valence-corrected chi connectivity index (χ2v) is 6.21. The molecule has 1 aliphatic rings. The van der Waals surface area contributed by atoms with Gasteiger partial charge >= 0.3 is 0 Å². The molecule has 0 amide bonds. The van der Waals surface area contributed by atoms with Crippen molar-refractivity contribution in [3.05, 3.63) is 70.8 Å². The highest BCUT2D eigenvalue weighted by Gasteiger charge is 2.10. The van der Waals surface area contributed by atoms with E-state index < -0.39 is 0 Å². The molecule has 0 N–H and O–H groups in total. The number of hydrogen-bond acceptors (Lipinski definition) is 3. The quantitative estimate of drug-likeness (QED) is 0.629. The van der Waals surface area contributed by atoms with Crippen LogP contribution in [0.2, 0.25) is 0 Å². The van der Waals surface area contributed by atoms with E-state index in [-0.39, 0.29) is 5.78 Å². The van der Waals surface area contributed by atoms with Crippen molar-refractivity contribution in [2.24, 2.45) is 0 Å². The van der Waals surface area contributed by atoms with E-state index in [4.69, 9.17) is 4.74 Å². The Morgan fingerprint density at radius 1 is 1.04 bits per heavy atom. The lowest BCUT2D eigenvalue weighted by molar-refractivity contribution is 0.104. The summed E-state index contributed by atoms with van der Waals surface area (Å²) >= 11 is 0. The van der Waals surface area contributed by atoms with E-state index in [1.807, 2.05) is 38.1 Å². The highest BCUT2D eigenvalue weighted by Crippen LogP contribution is 2.18. The van der Waals surface area contributed by atoms with Crippen LogP contribution in [0.3, 0.4) is 0 Å². The van der Waals surface area contributed by atoms with Crippen LogP contribution in [0.25, 0.3) is 6.08 Å². The molecule has 0 bridgehead atoms. The summed E-state index contributed by atoms with van der Waals surface area (Å²) in [7, 11) is 0. The van der Waals surface area contributed by atoms with Gasteiger partial charge in [0.1, 0.15) is 0 Å². The van der Waals surface area contributed by atoms with Crippen molar-refractivity contribution in [2.75, 3.05) is 31.2 Å². The molecule has 1 fully saturated rings. The molecular formula is C21H23NO2. The number of carbonyl (C=O) groups excluding carboxylic acids is 1. The van der Waals surface area contributed by atoms with E-state index >= 15 is 0 Å². The molecule has 0 atom stereocenters. The predicted octanol–water partition coefficient (Wildman–Crippen LogP) is 4.04. The van der Waals surface area contributed by atoms with Crippen LogP contribution in [0.5, 0.6) is 0 Å². The van der Waals surface area contributed by atoms with Gasteiger partial charge in [0, 0.05) is 24.3 Å². The maximum Gasteiger partial charge on any atom is 0.186 e. The zero-order valence-electron chi connectivity index (χ0n) is 14.3. The Morgan fingerprint density at radius 2 is 1.75 bits per heavy atom. The summed E-state index contributed by atoms with van der Waals surface area (Å²) in [5.41, 5.74) is 5.20. The fourth-order valence-corrected chi connectivity index (χ4v) is 2.97. The van der Waals surface area contributed by atoms with E-state index in [1.54, 1.807) is 6.08 Å². The number of morpholine rings is 1. The molecule has 1 heterocycles. The standard InChI is InChI=1S/C21H23NO2/c1-16-3-9-20(17(2)15-16)21(23)10-6-18-4-7-19(8-5-18)22-11-13-24-14-12-22/h3-10,15H,11-14H2,1-2H3/b10-6+. The highest BCUT2D eigenvalue weighted by molar-refractivity contribution is 6.07. The molecule has 0 saturated carbocycles. The molecule has 1 aliphatic heterocycles. The molecule has 2 aromatic rings. The third kappa shape index (κ3) is 3.92. The van der Waals surface area contributed by atoms with Gasteiger partial charge in [0.05, 0.1) is 13.2 Å². The molecule has 0 aromatic heterocycles. The van der Waals surface area contributed by atoms with Crippen molar-refractivity contribution < 1.29 is 9.53 Å². The van der Waals surface area contributed by atoms with Crippen LogP contribution in [0.4, 0.5) is 5.69 Å². The van der Waals surface area contributed by atoms with Gasteiger partial charge in [-0.1, -0.05) is 42.0 Å². The SMILES string of the molecule is Cc1ccc(C(=O)/C=C/c2ccc(N3CCOCC3)cc2)c(C)c1. The number of aryl methyl sites for hydroxylation is 2. The van der Waals surface area contributed by atoms with E-state index in [0.717, 1.165) is 43.0 Å². The minimum atomic E-state index is 0.0461. The molecule has 0 spiro atoms. The zero-order valence-corrected chi connectivity index (χ0v) is 14.3. The molecule has 124 valence electrons. The lowest BCUT2D eigenvalue weighted by atomic mass is 10.0. The van der Waals surface area contributed by atoms with Crippen molar-refractivity contribution in [3.63, 3.8) is 0 Å². The van der Waals surface area contributed by atoms with E-state index in [9.17, 15) is 4.79 Å².